The predicted octanol–water partition coefficient (Wildman–Crippen LogP) is 1.80. The lowest BCUT2D eigenvalue weighted by atomic mass is 10.2. The van der Waals surface area contributed by atoms with E-state index in [1.165, 1.54) is 13.1 Å². The Labute approximate surface area is 165 Å². The molecule has 0 radical (unpaired) electrons. The highest BCUT2D eigenvalue weighted by Gasteiger charge is 2.22. The third-order valence-corrected chi connectivity index (χ3v) is 6.39. The van der Waals surface area contributed by atoms with Crippen molar-refractivity contribution >= 4 is 43.0 Å². The van der Waals surface area contributed by atoms with Gasteiger partial charge in [-0.3, -0.25) is 13.4 Å². The number of para-hydroxylation sites is 1. The maximum atomic E-state index is 12.5. The molecular weight excluding hydrogens is 402 g/mol. The van der Waals surface area contributed by atoms with Crippen LogP contribution in [0.15, 0.2) is 48.5 Å². The Morgan fingerprint density at radius 1 is 0.964 bits per heavy atom. The van der Waals surface area contributed by atoms with Gasteiger partial charge in [0.2, 0.25) is 26.0 Å². The number of nitrogens with zero attached hydrogens (tertiary/aromatic N) is 2. The molecule has 10 heteroatoms. The van der Waals surface area contributed by atoms with Crippen molar-refractivity contribution < 1.29 is 21.6 Å². The summed E-state index contributed by atoms with van der Waals surface area (Å²) in [6.45, 7) is 1.35. The van der Waals surface area contributed by atoms with Crippen molar-refractivity contribution in [3.63, 3.8) is 0 Å². The van der Waals surface area contributed by atoms with E-state index in [0.29, 0.717) is 17.1 Å². The number of sulfonamides is 2. The first kappa shape index (κ1) is 21.7. The molecule has 0 atom stereocenters. The number of amides is 1. The number of hydrogen-bond donors (Lipinski definition) is 1. The number of hydrogen-bond acceptors (Lipinski definition) is 5. The molecule has 0 saturated heterocycles. The molecule has 8 nitrogen and oxygen atoms in total. The molecule has 1 amide bonds. The average molecular weight is 426 g/mol. The Hall–Kier alpha value is -2.59. The molecule has 0 fully saturated rings. The fraction of sp³-hybridized carbons (Fsp3) is 0.278. The van der Waals surface area contributed by atoms with Gasteiger partial charge in [0.1, 0.15) is 6.54 Å². The summed E-state index contributed by atoms with van der Waals surface area (Å²) in [5, 5.41) is 2.61. The molecule has 0 heterocycles. The van der Waals surface area contributed by atoms with Gasteiger partial charge in [-0.1, -0.05) is 24.3 Å². The molecule has 0 aliphatic rings. The monoisotopic (exact) mass is 425 g/mol. The van der Waals surface area contributed by atoms with Crippen molar-refractivity contribution in [1.29, 1.82) is 0 Å². The summed E-state index contributed by atoms with van der Waals surface area (Å²) in [7, 11) is -5.73. The first-order valence-corrected chi connectivity index (χ1v) is 12.0. The van der Waals surface area contributed by atoms with E-state index in [9.17, 15) is 21.6 Å². The number of aryl methyl sites for hydroxylation is 1. The maximum Gasteiger partial charge on any atom is 0.245 e. The molecule has 0 bridgehead atoms. The lowest BCUT2D eigenvalue weighted by Crippen LogP contribution is -2.37. The van der Waals surface area contributed by atoms with Gasteiger partial charge in [-0.2, -0.15) is 0 Å². The minimum absolute atomic E-state index is 0.358. The third-order valence-electron chi connectivity index (χ3n) is 4.06. The summed E-state index contributed by atoms with van der Waals surface area (Å²) in [5.41, 5.74) is 1.87. The van der Waals surface area contributed by atoms with Crippen LogP contribution in [-0.4, -0.2) is 48.8 Å². The first-order chi connectivity index (χ1) is 12.9. The summed E-state index contributed by atoms with van der Waals surface area (Å²) < 4.78 is 49.9. The zero-order valence-electron chi connectivity index (χ0n) is 16.1. The summed E-state index contributed by atoms with van der Waals surface area (Å²) in [6, 6.07) is 13.1. The molecule has 2 aromatic carbocycles. The Balaban J connectivity index is 2.24. The number of benzene rings is 2. The van der Waals surface area contributed by atoms with E-state index in [0.717, 1.165) is 26.7 Å². The molecule has 0 spiro atoms. The number of carbonyl (C=O) groups excluding carboxylic acids is 1. The van der Waals surface area contributed by atoms with Crippen LogP contribution in [0.1, 0.15) is 5.56 Å². The fourth-order valence-electron chi connectivity index (χ4n) is 2.53. The van der Waals surface area contributed by atoms with Crippen LogP contribution in [0.25, 0.3) is 0 Å². The number of carbonyl (C=O) groups is 1. The van der Waals surface area contributed by atoms with Gasteiger partial charge in [-0.05, 0) is 36.8 Å². The lowest BCUT2D eigenvalue weighted by Gasteiger charge is -2.23. The zero-order valence-corrected chi connectivity index (χ0v) is 17.7. The third kappa shape index (κ3) is 5.46. The standard InChI is InChI=1S/C18H23N3O5S2/c1-14-8-5-6-11-17(14)21(28(4,25)26)13-18(22)19-15-9-7-10-16(12-15)20(2)27(3,23)24/h5-12H,13H2,1-4H3,(H,19,22). The van der Waals surface area contributed by atoms with E-state index in [-0.39, 0.29) is 0 Å². The Morgan fingerprint density at radius 3 is 2.18 bits per heavy atom. The zero-order chi connectivity index (χ0) is 21.1. The second-order valence-corrected chi connectivity index (χ2v) is 10.3. The molecular formula is C18H23N3O5S2. The molecule has 2 aromatic rings. The maximum absolute atomic E-state index is 12.5. The van der Waals surface area contributed by atoms with Crippen LogP contribution in [0.3, 0.4) is 0 Å². The molecule has 0 aliphatic carbocycles. The highest BCUT2D eigenvalue weighted by Crippen LogP contribution is 2.23. The highest BCUT2D eigenvalue weighted by molar-refractivity contribution is 7.92. The Morgan fingerprint density at radius 2 is 1.61 bits per heavy atom. The smallest absolute Gasteiger partial charge is 0.245 e. The summed E-state index contributed by atoms with van der Waals surface area (Å²) >= 11 is 0. The van der Waals surface area contributed by atoms with Gasteiger partial charge in [0, 0.05) is 12.7 Å². The van der Waals surface area contributed by atoms with Crippen LogP contribution in [0, 0.1) is 6.92 Å². The molecule has 0 unspecified atom stereocenters. The van der Waals surface area contributed by atoms with Crippen LogP contribution in [0.5, 0.6) is 0 Å². The van der Waals surface area contributed by atoms with E-state index in [4.69, 9.17) is 0 Å². The van der Waals surface area contributed by atoms with Crippen molar-refractivity contribution in [2.24, 2.45) is 0 Å². The van der Waals surface area contributed by atoms with Crippen molar-refractivity contribution in [2.75, 3.05) is 40.0 Å². The van der Waals surface area contributed by atoms with Gasteiger partial charge in [-0.25, -0.2) is 16.8 Å². The molecule has 0 aliphatic heterocycles. The number of nitrogens with one attached hydrogen (secondary N) is 1. The summed E-state index contributed by atoms with van der Waals surface area (Å²) in [6.07, 6.45) is 2.11. The Bertz CT molecular complexity index is 1080. The van der Waals surface area contributed by atoms with Gasteiger partial charge in [-0.15, -0.1) is 0 Å². The molecule has 1 N–H and O–H groups in total. The normalized spacial score (nSPS) is 11.7. The van der Waals surface area contributed by atoms with Gasteiger partial charge in [0.15, 0.2) is 0 Å². The summed E-state index contributed by atoms with van der Waals surface area (Å²) in [5.74, 6) is -0.548. The second-order valence-electron chi connectivity index (χ2n) is 6.39. The van der Waals surface area contributed by atoms with Crippen LogP contribution in [0.2, 0.25) is 0 Å². The van der Waals surface area contributed by atoms with Crippen molar-refractivity contribution in [3.05, 3.63) is 54.1 Å². The van der Waals surface area contributed by atoms with Gasteiger partial charge < -0.3 is 5.32 Å². The molecule has 152 valence electrons. The topological polar surface area (TPSA) is 104 Å². The number of rotatable bonds is 7. The average Bonchev–Trinajstić information content (AvgIpc) is 2.58. The predicted molar refractivity (Wildman–Crippen MR) is 112 cm³/mol. The lowest BCUT2D eigenvalue weighted by molar-refractivity contribution is -0.114. The van der Waals surface area contributed by atoms with Crippen LogP contribution in [0.4, 0.5) is 17.1 Å². The van der Waals surface area contributed by atoms with E-state index in [2.05, 4.69) is 5.32 Å². The minimum Gasteiger partial charge on any atom is -0.324 e. The Kier molecular flexibility index (Phi) is 6.35. The van der Waals surface area contributed by atoms with Crippen LogP contribution in [-0.2, 0) is 24.8 Å². The molecule has 0 saturated carbocycles. The molecule has 2 rings (SSSR count). The second kappa shape index (κ2) is 8.19. The van der Waals surface area contributed by atoms with Gasteiger partial charge >= 0.3 is 0 Å². The van der Waals surface area contributed by atoms with E-state index in [1.54, 1.807) is 49.4 Å². The molecule has 28 heavy (non-hydrogen) atoms. The highest BCUT2D eigenvalue weighted by atomic mass is 32.2. The fourth-order valence-corrected chi connectivity index (χ4v) is 3.94. The minimum atomic E-state index is -3.68. The van der Waals surface area contributed by atoms with E-state index in [1.807, 2.05) is 0 Å². The van der Waals surface area contributed by atoms with Crippen LogP contribution >= 0.6 is 0 Å². The van der Waals surface area contributed by atoms with Crippen molar-refractivity contribution in [1.82, 2.24) is 0 Å². The largest absolute Gasteiger partial charge is 0.324 e. The molecule has 0 aromatic heterocycles. The van der Waals surface area contributed by atoms with Crippen molar-refractivity contribution in [2.45, 2.75) is 6.92 Å². The summed E-state index contributed by atoms with van der Waals surface area (Å²) in [4.78, 5) is 12.5. The number of anilines is 3. The van der Waals surface area contributed by atoms with Gasteiger partial charge in [0.25, 0.3) is 0 Å². The van der Waals surface area contributed by atoms with Gasteiger partial charge in [0.05, 0.1) is 23.9 Å². The SMILES string of the molecule is Cc1ccccc1N(CC(=O)Nc1cccc(N(C)S(C)(=O)=O)c1)S(C)(=O)=O. The van der Waals surface area contributed by atoms with E-state index < -0.39 is 32.5 Å². The van der Waals surface area contributed by atoms with Crippen LogP contribution < -0.4 is 13.9 Å². The first-order valence-electron chi connectivity index (χ1n) is 8.27. The quantitative estimate of drug-likeness (QED) is 0.728. The van der Waals surface area contributed by atoms with E-state index >= 15 is 0 Å². The van der Waals surface area contributed by atoms with Crippen molar-refractivity contribution in [3.8, 4) is 0 Å².